The van der Waals surface area contributed by atoms with Crippen LogP contribution in [0.15, 0.2) is 18.2 Å². The summed E-state index contributed by atoms with van der Waals surface area (Å²) in [6.07, 6.45) is 8.55. The van der Waals surface area contributed by atoms with Crippen LogP contribution in [0.1, 0.15) is 43.4 Å². The molecule has 1 aromatic heterocycles. The van der Waals surface area contributed by atoms with E-state index in [4.69, 9.17) is 28.3 Å². The largest absolute Gasteiger partial charge is 0.370 e. The van der Waals surface area contributed by atoms with Crippen LogP contribution < -0.4 is 5.32 Å². The van der Waals surface area contributed by atoms with Gasteiger partial charge in [-0.1, -0.05) is 29.6 Å². The Morgan fingerprint density at radius 3 is 2.65 bits per heavy atom. The average Bonchev–Trinajstić information content (AvgIpc) is 2.83. The molecule has 0 aliphatic carbocycles. The maximum atomic E-state index is 6.25. The summed E-state index contributed by atoms with van der Waals surface area (Å²) < 4.78 is 2.02. The number of piperidine rings is 1. The van der Waals surface area contributed by atoms with E-state index in [1.54, 1.807) is 0 Å². The van der Waals surface area contributed by atoms with Crippen molar-refractivity contribution in [3.63, 3.8) is 0 Å². The molecular formula is C20H26Cl2N4. The van der Waals surface area contributed by atoms with Gasteiger partial charge in [-0.05, 0) is 63.4 Å². The number of likely N-dealkylation sites (tertiary alicyclic amines) is 1. The number of rotatable bonds is 4. The molecule has 140 valence electrons. The molecule has 1 N–H and O–H groups in total. The van der Waals surface area contributed by atoms with Crippen LogP contribution >= 0.6 is 23.2 Å². The van der Waals surface area contributed by atoms with Crippen LogP contribution in [0.4, 0.5) is 5.82 Å². The number of nitrogens with zero attached hydrogens (tertiary/aromatic N) is 3. The molecule has 4 nitrogen and oxygen atoms in total. The first-order chi connectivity index (χ1) is 12.7. The second-order valence-electron chi connectivity index (χ2n) is 7.32. The van der Waals surface area contributed by atoms with Crippen molar-refractivity contribution in [1.82, 2.24) is 14.7 Å². The molecule has 6 heteroatoms. The molecule has 0 atom stereocenters. The van der Waals surface area contributed by atoms with Gasteiger partial charge in [-0.25, -0.2) is 4.68 Å². The Morgan fingerprint density at radius 2 is 1.85 bits per heavy atom. The molecule has 1 aromatic carbocycles. The second-order valence-corrected chi connectivity index (χ2v) is 8.13. The van der Waals surface area contributed by atoms with E-state index >= 15 is 0 Å². The molecule has 0 amide bonds. The number of hydrogen-bond acceptors (Lipinski definition) is 3. The predicted molar refractivity (Wildman–Crippen MR) is 109 cm³/mol. The van der Waals surface area contributed by atoms with E-state index in [1.807, 2.05) is 22.9 Å². The zero-order valence-corrected chi connectivity index (χ0v) is 16.6. The average molecular weight is 393 g/mol. The number of benzene rings is 1. The van der Waals surface area contributed by atoms with Crippen molar-refractivity contribution in [3.05, 3.63) is 39.5 Å². The number of nitrogens with one attached hydrogen (secondary N) is 1. The third-order valence-electron chi connectivity index (χ3n) is 5.47. The van der Waals surface area contributed by atoms with Crippen LogP contribution in [-0.4, -0.2) is 40.9 Å². The highest BCUT2D eigenvalue weighted by Gasteiger charge is 2.21. The lowest BCUT2D eigenvalue weighted by atomic mass is 10.1. The Kier molecular flexibility index (Phi) is 5.72. The van der Waals surface area contributed by atoms with Gasteiger partial charge in [0.25, 0.3) is 0 Å². The molecule has 0 unspecified atom stereocenters. The number of halogens is 2. The number of anilines is 1. The van der Waals surface area contributed by atoms with Gasteiger partial charge < -0.3 is 10.2 Å². The molecule has 1 saturated heterocycles. The molecule has 0 spiro atoms. The summed E-state index contributed by atoms with van der Waals surface area (Å²) in [5.74, 6) is 1.13. The maximum absolute atomic E-state index is 6.25. The van der Waals surface area contributed by atoms with Crippen molar-refractivity contribution in [2.45, 2.75) is 44.9 Å². The van der Waals surface area contributed by atoms with E-state index in [0.29, 0.717) is 10.0 Å². The normalized spacial score (nSPS) is 18.2. The lowest BCUT2D eigenvalue weighted by Crippen LogP contribution is -2.31. The quantitative estimate of drug-likeness (QED) is 0.798. The Bertz CT molecular complexity index is 765. The van der Waals surface area contributed by atoms with Crippen LogP contribution in [0.25, 0.3) is 5.69 Å². The molecule has 2 aliphatic heterocycles. The minimum absolute atomic E-state index is 0.567. The fourth-order valence-electron chi connectivity index (χ4n) is 4.02. The van der Waals surface area contributed by atoms with Gasteiger partial charge in [0, 0.05) is 25.1 Å². The van der Waals surface area contributed by atoms with Gasteiger partial charge in [-0.3, -0.25) is 0 Å². The van der Waals surface area contributed by atoms with Crippen LogP contribution in [0.2, 0.25) is 10.0 Å². The van der Waals surface area contributed by atoms with Gasteiger partial charge in [0.1, 0.15) is 5.82 Å². The highest BCUT2D eigenvalue weighted by Crippen LogP contribution is 2.31. The van der Waals surface area contributed by atoms with Crippen molar-refractivity contribution in [1.29, 1.82) is 0 Å². The fourth-order valence-corrected chi connectivity index (χ4v) is 4.32. The van der Waals surface area contributed by atoms with Crippen LogP contribution in [0.5, 0.6) is 0 Å². The van der Waals surface area contributed by atoms with Gasteiger partial charge in [-0.15, -0.1) is 0 Å². The third-order valence-corrected chi connectivity index (χ3v) is 6.21. The van der Waals surface area contributed by atoms with Crippen molar-refractivity contribution in [2.24, 2.45) is 0 Å². The lowest BCUT2D eigenvalue weighted by molar-refractivity contribution is 0.230. The molecule has 2 aliphatic rings. The molecule has 26 heavy (non-hydrogen) atoms. The molecule has 4 rings (SSSR count). The van der Waals surface area contributed by atoms with E-state index in [0.717, 1.165) is 37.4 Å². The first kappa shape index (κ1) is 18.1. The van der Waals surface area contributed by atoms with Crippen molar-refractivity contribution < 1.29 is 0 Å². The van der Waals surface area contributed by atoms with E-state index in [-0.39, 0.29) is 0 Å². The number of fused-ring (bicyclic) bond motifs is 1. The topological polar surface area (TPSA) is 33.1 Å². The zero-order valence-electron chi connectivity index (χ0n) is 15.1. The smallest absolute Gasteiger partial charge is 0.133 e. The molecule has 3 heterocycles. The summed E-state index contributed by atoms with van der Waals surface area (Å²) >= 11 is 12.3. The summed E-state index contributed by atoms with van der Waals surface area (Å²) in [6, 6.07) is 5.73. The minimum Gasteiger partial charge on any atom is -0.370 e. The van der Waals surface area contributed by atoms with Crippen LogP contribution in [0, 0.1) is 0 Å². The Hall–Kier alpha value is -1.23. The van der Waals surface area contributed by atoms with E-state index in [1.165, 1.54) is 56.5 Å². The van der Waals surface area contributed by atoms with Gasteiger partial charge in [0.2, 0.25) is 0 Å². The molecule has 0 bridgehead atoms. The minimum atomic E-state index is 0.567. The second kappa shape index (κ2) is 8.20. The lowest BCUT2D eigenvalue weighted by Gasteiger charge is -2.26. The first-order valence-corrected chi connectivity index (χ1v) is 10.5. The van der Waals surface area contributed by atoms with E-state index < -0.39 is 0 Å². The van der Waals surface area contributed by atoms with E-state index in [9.17, 15) is 0 Å². The van der Waals surface area contributed by atoms with Gasteiger partial charge in [-0.2, -0.15) is 5.10 Å². The Balaban J connectivity index is 1.63. The van der Waals surface area contributed by atoms with Gasteiger partial charge >= 0.3 is 0 Å². The maximum Gasteiger partial charge on any atom is 0.133 e. The molecule has 1 fully saturated rings. The van der Waals surface area contributed by atoms with Crippen molar-refractivity contribution in [3.8, 4) is 5.69 Å². The highest BCUT2D eigenvalue weighted by atomic mass is 35.5. The fraction of sp³-hybridized carbons (Fsp3) is 0.550. The standard InChI is InChI=1S/C20H26Cl2N4/c21-17-8-7-15(14-18(17)22)26-20-16(6-2-3-10-23-20)19(24-26)9-13-25-11-4-1-5-12-25/h7-8,14,23H,1-6,9-13H2. The molecule has 0 saturated carbocycles. The predicted octanol–water partition coefficient (Wildman–Crippen LogP) is 4.96. The summed E-state index contributed by atoms with van der Waals surface area (Å²) in [5, 5.41) is 9.72. The van der Waals surface area contributed by atoms with E-state index in [2.05, 4.69) is 10.2 Å². The van der Waals surface area contributed by atoms with Crippen LogP contribution in [0.3, 0.4) is 0 Å². The molecular weight excluding hydrogens is 367 g/mol. The summed E-state index contributed by atoms with van der Waals surface area (Å²) in [6.45, 7) is 4.55. The molecule has 0 radical (unpaired) electrons. The third kappa shape index (κ3) is 3.88. The van der Waals surface area contributed by atoms with Gasteiger partial charge in [0.05, 0.1) is 21.4 Å². The van der Waals surface area contributed by atoms with Crippen LogP contribution in [-0.2, 0) is 12.8 Å². The van der Waals surface area contributed by atoms with Gasteiger partial charge in [0.15, 0.2) is 0 Å². The Morgan fingerprint density at radius 1 is 1.00 bits per heavy atom. The summed E-state index contributed by atoms with van der Waals surface area (Å²) in [5.41, 5.74) is 3.57. The molecule has 2 aromatic rings. The summed E-state index contributed by atoms with van der Waals surface area (Å²) in [4.78, 5) is 2.58. The monoisotopic (exact) mass is 392 g/mol. The SMILES string of the molecule is Clc1ccc(-n2nc(CCN3CCCCC3)c3c2NCCCC3)cc1Cl. The number of hydrogen-bond donors (Lipinski definition) is 1. The zero-order chi connectivity index (χ0) is 17.9. The highest BCUT2D eigenvalue weighted by molar-refractivity contribution is 6.42. The number of aromatic nitrogens is 2. The first-order valence-electron chi connectivity index (χ1n) is 9.75. The Labute approximate surface area is 165 Å². The van der Waals surface area contributed by atoms with Crippen molar-refractivity contribution in [2.75, 3.05) is 31.5 Å². The van der Waals surface area contributed by atoms with Crippen molar-refractivity contribution >= 4 is 29.0 Å². The summed E-state index contributed by atoms with van der Waals surface area (Å²) in [7, 11) is 0.